The summed E-state index contributed by atoms with van der Waals surface area (Å²) in [6.45, 7) is 4.25. The van der Waals surface area contributed by atoms with E-state index in [1.165, 1.54) is 0 Å². The number of hydrogen-bond acceptors (Lipinski definition) is 5. The van der Waals surface area contributed by atoms with Crippen LogP contribution < -0.4 is 9.62 Å². The molecule has 0 radical (unpaired) electrons. The van der Waals surface area contributed by atoms with Crippen molar-refractivity contribution in [1.29, 1.82) is 0 Å². The molecule has 2 unspecified atom stereocenters. The largest absolute Gasteiger partial charge is 0.351 e. The summed E-state index contributed by atoms with van der Waals surface area (Å²) in [6, 6.07) is 22.3. The summed E-state index contributed by atoms with van der Waals surface area (Å²) >= 11 is 4.45. The molecule has 36 heavy (non-hydrogen) atoms. The number of nitrogens with one attached hydrogen (secondary N) is 1. The first-order chi connectivity index (χ1) is 17.3. The molecule has 10 heteroatoms. The van der Waals surface area contributed by atoms with Gasteiger partial charge in [-0.05, 0) is 53.8 Å². The Labute approximate surface area is 221 Å². The molecule has 0 aliphatic carbocycles. The molecule has 186 valence electrons. The number of aryl methyl sites for hydroxylation is 1. The van der Waals surface area contributed by atoms with Gasteiger partial charge in [0.2, 0.25) is 0 Å². The fourth-order valence-electron chi connectivity index (χ4n) is 3.78. The van der Waals surface area contributed by atoms with E-state index in [1.54, 1.807) is 18.2 Å². The van der Waals surface area contributed by atoms with Crippen LogP contribution >= 0.6 is 23.3 Å². The molecule has 0 bridgehead atoms. The van der Waals surface area contributed by atoms with Crippen molar-refractivity contribution in [3.8, 4) is 0 Å². The lowest BCUT2D eigenvalue weighted by atomic mass is 10.0. The molecule has 3 aromatic carbocycles. The highest BCUT2D eigenvalue weighted by Crippen LogP contribution is 2.33. The lowest BCUT2D eigenvalue weighted by molar-refractivity contribution is 0.0952. The zero-order valence-corrected chi connectivity index (χ0v) is 22.1. The highest BCUT2D eigenvalue weighted by atomic mass is 35.5. The van der Waals surface area contributed by atoms with Crippen molar-refractivity contribution in [1.82, 2.24) is 14.1 Å². The first kappa shape index (κ1) is 26.0. The van der Waals surface area contributed by atoms with Crippen molar-refractivity contribution < 1.29 is 13.6 Å². The molecular weight excluding hydrogens is 516 g/mol. The van der Waals surface area contributed by atoms with E-state index in [2.05, 4.69) is 14.1 Å². The summed E-state index contributed by atoms with van der Waals surface area (Å²) in [4.78, 5) is 13.3. The molecule has 0 saturated carbocycles. The summed E-state index contributed by atoms with van der Waals surface area (Å²) in [5, 5.41) is 3.60. The maximum absolute atomic E-state index is 13.3. The number of carbonyl (C=O) groups is 1. The van der Waals surface area contributed by atoms with Gasteiger partial charge < -0.3 is 5.32 Å². The number of rotatable bonds is 9. The number of hydrogen-bond donors (Lipinski definition) is 2. The lowest BCUT2D eigenvalue weighted by Crippen LogP contribution is -2.30. The third kappa shape index (κ3) is 6.17. The highest BCUT2D eigenvalue weighted by molar-refractivity contribution is 7.81. The Morgan fingerprint density at radius 1 is 1.11 bits per heavy atom. The first-order valence-corrected chi connectivity index (χ1v) is 13.4. The van der Waals surface area contributed by atoms with Gasteiger partial charge in [-0.1, -0.05) is 67.1 Å². The van der Waals surface area contributed by atoms with Gasteiger partial charge in [0.05, 0.1) is 23.0 Å². The molecule has 7 nitrogen and oxygen atoms in total. The molecular formula is C26H25ClN4O3S2. The van der Waals surface area contributed by atoms with Crippen molar-refractivity contribution in [2.75, 3.05) is 10.8 Å². The van der Waals surface area contributed by atoms with Crippen LogP contribution in [0.25, 0.3) is 0 Å². The van der Waals surface area contributed by atoms with Crippen LogP contribution in [0.15, 0.2) is 72.8 Å². The van der Waals surface area contributed by atoms with E-state index in [9.17, 15) is 13.6 Å². The van der Waals surface area contributed by atoms with Crippen molar-refractivity contribution in [2.45, 2.75) is 26.2 Å². The quantitative estimate of drug-likeness (QED) is 0.258. The van der Waals surface area contributed by atoms with E-state index < -0.39 is 11.3 Å². The molecule has 2 N–H and O–H groups in total. The lowest BCUT2D eigenvalue weighted by Gasteiger charge is -2.22. The van der Waals surface area contributed by atoms with E-state index in [0.29, 0.717) is 23.7 Å². The Balaban J connectivity index is 1.62. The predicted octanol–water partition coefficient (Wildman–Crippen LogP) is 5.90. The molecule has 0 fully saturated rings. The Bertz CT molecular complexity index is 1360. The second-order valence-corrected chi connectivity index (χ2v) is 10.2. The Morgan fingerprint density at radius 2 is 1.83 bits per heavy atom. The minimum absolute atomic E-state index is 0.0448. The van der Waals surface area contributed by atoms with E-state index in [1.807, 2.05) is 68.4 Å². The van der Waals surface area contributed by atoms with Crippen LogP contribution in [0.2, 0.25) is 5.02 Å². The van der Waals surface area contributed by atoms with Crippen LogP contribution in [-0.4, -0.2) is 30.0 Å². The number of anilines is 2. The molecule has 1 amide bonds. The van der Waals surface area contributed by atoms with Crippen LogP contribution in [0.1, 0.15) is 45.6 Å². The van der Waals surface area contributed by atoms with E-state index in [-0.39, 0.29) is 28.9 Å². The average Bonchev–Trinajstić information content (AvgIpc) is 3.30. The summed E-state index contributed by atoms with van der Waals surface area (Å²) < 4.78 is 32.8. The maximum atomic E-state index is 13.3. The van der Waals surface area contributed by atoms with Crippen molar-refractivity contribution in [2.24, 2.45) is 0 Å². The van der Waals surface area contributed by atoms with E-state index in [4.69, 9.17) is 11.6 Å². The van der Waals surface area contributed by atoms with Gasteiger partial charge in [-0.3, -0.25) is 9.35 Å². The fourth-order valence-corrected chi connectivity index (χ4v) is 5.12. The van der Waals surface area contributed by atoms with Gasteiger partial charge in [0.15, 0.2) is 5.82 Å². The van der Waals surface area contributed by atoms with Gasteiger partial charge in [-0.15, -0.1) is 0 Å². The van der Waals surface area contributed by atoms with Gasteiger partial charge in [0.25, 0.3) is 17.2 Å². The fraction of sp³-hybridized carbons (Fsp3) is 0.192. The zero-order chi connectivity index (χ0) is 25.7. The van der Waals surface area contributed by atoms with Crippen molar-refractivity contribution in [3.05, 3.63) is 106 Å². The smallest absolute Gasteiger partial charge is 0.268 e. The number of benzene rings is 3. The number of halogens is 1. The Kier molecular flexibility index (Phi) is 8.48. The number of aromatic nitrogens is 2. The van der Waals surface area contributed by atoms with Gasteiger partial charge in [-0.2, -0.15) is 8.75 Å². The highest BCUT2D eigenvalue weighted by Gasteiger charge is 2.27. The molecule has 0 aliphatic rings. The van der Waals surface area contributed by atoms with Crippen LogP contribution in [0.3, 0.4) is 0 Å². The third-order valence-corrected chi connectivity index (χ3v) is 7.21. The number of carbonyl (C=O) groups excluding carboxylic acids is 1. The van der Waals surface area contributed by atoms with Crippen molar-refractivity contribution in [3.63, 3.8) is 0 Å². The molecule has 4 rings (SSSR count). The van der Waals surface area contributed by atoms with Gasteiger partial charge in [-0.25, -0.2) is 8.51 Å². The maximum Gasteiger partial charge on any atom is 0.268 e. The second-order valence-electron chi connectivity index (χ2n) is 8.41. The van der Waals surface area contributed by atoms with E-state index in [0.717, 1.165) is 32.7 Å². The molecule has 0 spiro atoms. The third-order valence-electron chi connectivity index (χ3n) is 5.72. The Hall–Kier alpha value is -3.11. The number of nitrogens with zero attached hydrogens (tertiary/aromatic N) is 3. The van der Waals surface area contributed by atoms with Crippen LogP contribution in [0.4, 0.5) is 11.5 Å². The van der Waals surface area contributed by atoms with Crippen LogP contribution in [0.5, 0.6) is 0 Å². The normalized spacial score (nSPS) is 12.7. The standard InChI is InChI=1S/C26H25ClN4O3S2/c1-17-8-13-22(26(32)28-16-18(2)20-9-11-21(27)12-10-20)24(14-17)31(36(33)34)25-23(29-35-30-25)15-19-6-4-3-5-7-19/h3-14,18H,15-16H2,1-2H3,(H,28,32)(H,33,34). The van der Waals surface area contributed by atoms with Crippen LogP contribution in [-0.2, 0) is 17.7 Å². The zero-order valence-electron chi connectivity index (χ0n) is 19.7. The second kappa shape index (κ2) is 11.7. The minimum Gasteiger partial charge on any atom is -0.351 e. The van der Waals surface area contributed by atoms with E-state index >= 15 is 0 Å². The van der Waals surface area contributed by atoms with Crippen LogP contribution in [0, 0.1) is 6.92 Å². The monoisotopic (exact) mass is 540 g/mol. The van der Waals surface area contributed by atoms with Gasteiger partial charge >= 0.3 is 0 Å². The summed E-state index contributed by atoms with van der Waals surface area (Å²) in [6.07, 6.45) is 0.437. The molecule has 0 aliphatic heterocycles. The molecule has 4 aromatic rings. The summed E-state index contributed by atoms with van der Waals surface area (Å²) in [7, 11) is 0. The Morgan fingerprint density at radius 3 is 2.53 bits per heavy atom. The first-order valence-electron chi connectivity index (χ1n) is 11.2. The summed E-state index contributed by atoms with van der Waals surface area (Å²) in [5.41, 5.74) is 3.98. The van der Waals surface area contributed by atoms with Gasteiger partial charge in [0.1, 0.15) is 5.69 Å². The van der Waals surface area contributed by atoms with Gasteiger partial charge in [0, 0.05) is 18.0 Å². The topological polar surface area (TPSA) is 95.4 Å². The minimum atomic E-state index is -2.49. The molecule has 0 saturated heterocycles. The molecule has 1 aromatic heterocycles. The number of amides is 1. The SMILES string of the molecule is Cc1ccc(C(=O)NCC(C)c2ccc(Cl)cc2)c(N(c2nsnc2Cc2ccccc2)S(=O)O)c1. The predicted molar refractivity (Wildman–Crippen MR) is 145 cm³/mol. The average molecular weight is 541 g/mol. The summed E-state index contributed by atoms with van der Waals surface area (Å²) in [5.74, 6) is -0.0589. The van der Waals surface area contributed by atoms with Crippen molar-refractivity contribution >= 4 is 52.0 Å². The molecule has 2 atom stereocenters. The molecule has 1 heterocycles.